The van der Waals surface area contributed by atoms with E-state index < -0.39 is 0 Å². The second kappa shape index (κ2) is 5.75. The first-order valence-electron chi connectivity index (χ1n) is 7.08. The number of nitrogens with one attached hydrogen (secondary N) is 1. The molecule has 1 atom stereocenters. The molecule has 0 amide bonds. The van der Waals surface area contributed by atoms with Crippen LogP contribution in [0.15, 0.2) is 24.3 Å². The van der Waals surface area contributed by atoms with E-state index in [1.54, 1.807) is 0 Å². The predicted molar refractivity (Wildman–Crippen MR) is 84.8 cm³/mol. The van der Waals surface area contributed by atoms with Crippen LogP contribution >= 0.6 is 0 Å². The maximum Gasteiger partial charge on any atom is 0.148 e. The lowest BCUT2D eigenvalue weighted by Gasteiger charge is -2.23. The molecule has 0 bridgehead atoms. The zero-order valence-corrected chi connectivity index (χ0v) is 12.8. The van der Waals surface area contributed by atoms with Crippen LogP contribution in [0.25, 0.3) is 11.0 Å². The third-order valence-electron chi connectivity index (χ3n) is 3.15. The van der Waals surface area contributed by atoms with E-state index in [9.17, 15) is 0 Å². The van der Waals surface area contributed by atoms with Gasteiger partial charge in [-0.15, -0.1) is 0 Å². The zero-order chi connectivity index (χ0) is 14.8. The van der Waals surface area contributed by atoms with Crippen LogP contribution in [-0.4, -0.2) is 22.6 Å². The first kappa shape index (κ1) is 14.7. The molecule has 4 heteroatoms. The van der Waals surface area contributed by atoms with E-state index in [1.165, 1.54) is 0 Å². The number of anilines is 1. The average molecular weight is 272 g/mol. The van der Waals surface area contributed by atoms with Crippen molar-refractivity contribution < 1.29 is 0 Å². The topological polar surface area (TPSA) is 63.8 Å². The van der Waals surface area contributed by atoms with Crippen molar-refractivity contribution in [2.45, 2.75) is 40.2 Å². The molecule has 0 saturated carbocycles. The molecule has 0 radical (unpaired) electrons. The highest BCUT2D eigenvalue weighted by molar-refractivity contribution is 5.76. The van der Waals surface area contributed by atoms with Gasteiger partial charge in [0.1, 0.15) is 5.82 Å². The molecule has 4 nitrogen and oxygen atoms in total. The van der Waals surface area contributed by atoms with Gasteiger partial charge in [0.15, 0.2) is 0 Å². The summed E-state index contributed by atoms with van der Waals surface area (Å²) in [5, 5.41) is 3.33. The van der Waals surface area contributed by atoms with Crippen LogP contribution in [0.1, 0.15) is 32.9 Å². The Morgan fingerprint density at radius 3 is 2.35 bits per heavy atom. The second-order valence-electron chi connectivity index (χ2n) is 6.55. The number of benzene rings is 1. The molecule has 0 aliphatic heterocycles. The summed E-state index contributed by atoms with van der Waals surface area (Å²) in [6, 6.07) is 8.01. The maximum atomic E-state index is 6.16. The van der Waals surface area contributed by atoms with Crippen molar-refractivity contribution in [2.24, 2.45) is 11.1 Å². The summed E-state index contributed by atoms with van der Waals surface area (Å²) in [5.74, 6) is 0.827. The Hall–Kier alpha value is -1.68. The fourth-order valence-electron chi connectivity index (χ4n) is 2.34. The number of rotatable bonds is 4. The van der Waals surface area contributed by atoms with Gasteiger partial charge in [-0.3, -0.25) is 0 Å². The number of nitrogens with zero attached hydrogens (tertiary/aromatic N) is 2. The third-order valence-corrected chi connectivity index (χ3v) is 3.15. The monoisotopic (exact) mass is 272 g/mol. The minimum Gasteiger partial charge on any atom is -0.367 e. The van der Waals surface area contributed by atoms with Gasteiger partial charge in [-0.1, -0.05) is 32.9 Å². The van der Waals surface area contributed by atoms with Crippen molar-refractivity contribution >= 4 is 16.9 Å². The first-order valence-corrected chi connectivity index (χ1v) is 7.08. The molecule has 20 heavy (non-hydrogen) atoms. The molecule has 0 aliphatic rings. The Labute approximate surface area is 120 Å². The largest absolute Gasteiger partial charge is 0.367 e. The van der Waals surface area contributed by atoms with Crippen LogP contribution in [0.2, 0.25) is 0 Å². The van der Waals surface area contributed by atoms with Gasteiger partial charge in [-0.05, 0) is 30.9 Å². The lowest BCUT2D eigenvalue weighted by atomic mass is 9.88. The quantitative estimate of drug-likeness (QED) is 0.897. The summed E-state index contributed by atoms with van der Waals surface area (Å²) >= 11 is 0. The van der Waals surface area contributed by atoms with Gasteiger partial charge in [0.2, 0.25) is 0 Å². The highest BCUT2D eigenvalue weighted by Gasteiger charge is 2.16. The number of hydrogen-bond acceptors (Lipinski definition) is 4. The normalized spacial score (nSPS) is 13.4. The predicted octanol–water partition coefficient (Wildman–Crippen LogP) is 3.11. The Morgan fingerprint density at radius 1 is 1.15 bits per heavy atom. The Balaban J connectivity index is 2.08. The summed E-state index contributed by atoms with van der Waals surface area (Å²) < 4.78 is 0. The minimum atomic E-state index is 0.114. The summed E-state index contributed by atoms with van der Waals surface area (Å²) in [7, 11) is 0. The van der Waals surface area contributed by atoms with Crippen LogP contribution in [-0.2, 0) is 0 Å². The van der Waals surface area contributed by atoms with E-state index in [0.717, 1.165) is 29.0 Å². The van der Waals surface area contributed by atoms with Gasteiger partial charge in [0, 0.05) is 12.6 Å². The van der Waals surface area contributed by atoms with Crippen LogP contribution in [0.5, 0.6) is 0 Å². The molecule has 1 heterocycles. The molecule has 1 aromatic carbocycles. The van der Waals surface area contributed by atoms with Gasteiger partial charge in [0.05, 0.1) is 16.7 Å². The molecule has 0 fully saturated rings. The van der Waals surface area contributed by atoms with Gasteiger partial charge in [-0.25, -0.2) is 9.97 Å². The average Bonchev–Trinajstić information content (AvgIpc) is 2.34. The molecule has 1 aromatic heterocycles. The lowest BCUT2D eigenvalue weighted by Crippen LogP contribution is -2.33. The second-order valence-corrected chi connectivity index (χ2v) is 6.55. The number of para-hydroxylation sites is 2. The van der Waals surface area contributed by atoms with E-state index in [4.69, 9.17) is 5.73 Å². The first-order chi connectivity index (χ1) is 9.35. The molecule has 0 spiro atoms. The zero-order valence-electron chi connectivity index (χ0n) is 12.8. The Kier molecular flexibility index (Phi) is 4.23. The van der Waals surface area contributed by atoms with E-state index in [-0.39, 0.29) is 11.5 Å². The molecular formula is C16H24N4. The maximum absolute atomic E-state index is 6.16. The van der Waals surface area contributed by atoms with Gasteiger partial charge < -0.3 is 11.1 Å². The minimum absolute atomic E-state index is 0.114. The fraction of sp³-hybridized carbons (Fsp3) is 0.500. The molecular weight excluding hydrogens is 248 g/mol. The molecule has 2 rings (SSSR count). The van der Waals surface area contributed by atoms with Crippen LogP contribution < -0.4 is 11.1 Å². The van der Waals surface area contributed by atoms with E-state index in [0.29, 0.717) is 6.54 Å². The molecule has 108 valence electrons. The summed E-state index contributed by atoms with van der Waals surface area (Å²) in [6.45, 7) is 9.29. The third kappa shape index (κ3) is 3.90. The molecule has 0 saturated heterocycles. The highest BCUT2D eigenvalue weighted by atomic mass is 15.0. The van der Waals surface area contributed by atoms with Crippen LogP contribution in [0, 0.1) is 12.3 Å². The van der Waals surface area contributed by atoms with Gasteiger partial charge in [0.25, 0.3) is 0 Å². The van der Waals surface area contributed by atoms with Gasteiger partial charge in [-0.2, -0.15) is 0 Å². The fourth-order valence-corrected chi connectivity index (χ4v) is 2.34. The number of nitrogens with two attached hydrogens (primary N) is 1. The van der Waals surface area contributed by atoms with Gasteiger partial charge >= 0.3 is 0 Å². The molecule has 0 aliphatic carbocycles. The summed E-state index contributed by atoms with van der Waals surface area (Å²) in [4.78, 5) is 9.18. The SMILES string of the molecule is Cc1nc2ccccc2nc1NCC(N)CC(C)(C)C. The van der Waals surface area contributed by atoms with E-state index in [2.05, 4.69) is 36.1 Å². The molecule has 3 N–H and O–H groups in total. The number of hydrogen-bond donors (Lipinski definition) is 2. The summed E-state index contributed by atoms with van der Waals surface area (Å²) in [5.41, 5.74) is 9.14. The van der Waals surface area contributed by atoms with Crippen LogP contribution in [0.3, 0.4) is 0 Å². The number of aromatic nitrogens is 2. The van der Waals surface area contributed by atoms with Crippen molar-refractivity contribution in [2.75, 3.05) is 11.9 Å². The van der Waals surface area contributed by atoms with Crippen molar-refractivity contribution in [1.82, 2.24) is 9.97 Å². The van der Waals surface area contributed by atoms with Crippen molar-refractivity contribution in [3.05, 3.63) is 30.0 Å². The number of fused-ring (bicyclic) bond motifs is 1. The van der Waals surface area contributed by atoms with Crippen LogP contribution in [0.4, 0.5) is 5.82 Å². The number of aryl methyl sites for hydroxylation is 1. The molecule has 1 unspecified atom stereocenters. The lowest BCUT2D eigenvalue weighted by molar-refractivity contribution is 0.344. The highest BCUT2D eigenvalue weighted by Crippen LogP contribution is 2.20. The van der Waals surface area contributed by atoms with E-state index >= 15 is 0 Å². The van der Waals surface area contributed by atoms with E-state index in [1.807, 2.05) is 31.2 Å². The molecule has 2 aromatic rings. The standard InChI is InChI=1S/C16H24N4/c1-11-15(18-10-12(17)9-16(2,3)4)20-14-8-6-5-7-13(14)19-11/h5-8,12H,9-10,17H2,1-4H3,(H,18,20). The van der Waals surface area contributed by atoms with Crippen molar-refractivity contribution in [1.29, 1.82) is 0 Å². The smallest absolute Gasteiger partial charge is 0.148 e. The Bertz CT molecular complexity index is 587. The summed E-state index contributed by atoms with van der Waals surface area (Å²) in [6.07, 6.45) is 0.972. The van der Waals surface area contributed by atoms with Crippen molar-refractivity contribution in [3.63, 3.8) is 0 Å². The Morgan fingerprint density at radius 2 is 1.75 bits per heavy atom. The van der Waals surface area contributed by atoms with Crippen molar-refractivity contribution in [3.8, 4) is 0 Å².